The SMILES string of the molecule is Cn1c(Cc2ccccc2)nc2cc(C(=O)NCCNC(=O)C3CC3)ccc21. The average molecular weight is 376 g/mol. The molecule has 0 saturated heterocycles. The normalized spacial score (nSPS) is 13.5. The molecule has 1 heterocycles. The molecule has 1 fully saturated rings. The van der Waals surface area contributed by atoms with Crippen LogP contribution in [0.25, 0.3) is 11.0 Å². The van der Waals surface area contributed by atoms with Gasteiger partial charge in [-0.2, -0.15) is 0 Å². The zero-order valence-corrected chi connectivity index (χ0v) is 15.9. The standard InChI is InChI=1S/C22H24N4O2/c1-26-19-10-9-17(22(28)24-12-11-23-21(27)16-7-8-16)14-18(19)25-20(26)13-15-5-3-2-4-6-15/h2-6,9-10,14,16H,7-8,11-13H2,1H3,(H,23,27)(H,24,28). The highest BCUT2D eigenvalue weighted by Gasteiger charge is 2.29. The van der Waals surface area contributed by atoms with Crippen molar-refractivity contribution in [3.8, 4) is 0 Å². The van der Waals surface area contributed by atoms with E-state index in [1.807, 2.05) is 43.4 Å². The highest BCUT2D eigenvalue weighted by atomic mass is 16.2. The van der Waals surface area contributed by atoms with Gasteiger partial charge in [-0.05, 0) is 36.6 Å². The van der Waals surface area contributed by atoms with E-state index in [2.05, 4.69) is 27.3 Å². The minimum absolute atomic E-state index is 0.0927. The van der Waals surface area contributed by atoms with Crippen LogP contribution in [0.3, 0.4) is 0 Å². The summed E-state index contributed by atoms with van der Waals surface area (Å²) >= 11 is 0. The zero-order chi connectivity index (χ0) is 19.5. The fourth-order valence-electron chi connectivity index (χ4n) is 3.28. The molecule has 2 N–H and O–H groups in total. The second-order valence-corrected chi connectivity index (χ2v) is 7.27. The molecule has 0 atom stereocenters. The van der Waals surface area contributed by atoms with Crippen molar-refractivity contribution in [2.24, 2.45) is 13.0 Å². The summed E-state index contributed by atoms with van der Waals surface area (Å²) in [5, 5.41) is 5.70. The summed E-state index contributed by atoms with van der Waals surface area (Å²) in [6, 6.07) is 15.8. The number of benzene rings is 2. The number of carbonyl (C=O) groups is 2. The average Bonchev–Trinajstić information content (AvgIpc) is 3.52. The van der Waals surface area contributed by atoms with Gasteiger partial charge in [0, 0.05) is 38.0 Å². The number of fused-ring (bicyclic) bond motifs is 1. The van der Waals surface area contributed by atoms with E-state index in [0.717, 1.165) is 36.1 Å². The van der Waals surface area contributed by atoms with E-state index in [4.69, 9.17) is 4.98 Å². The van der Waals surface area contributed by atoms with Gasteiger partial charge >= 0.3 is 0 Å². The lowest BCUT2D eigenvalue weighted by atomic mass is 10.1. The van der Waals surface area contributed by atoms with Gasteiger partial charge in [0.1, 0.15) is 5.82 Å². The third-order valence-electron chi connectivity index (χ3n) is 5.10. The molecule has 6 nitrogen and oxygen atoms in total. The monoisotopic (exact) mass is 376 g/mol. The fourth-order valence-corrected chi connectivity index (χ4v) is 3.28. The highest BCUT2D eigenvalue weighted by Crippen LogP contribution is 2.28. The number of hydrogen-bond donors (Lipinski definition) is 2. The Hall–Kier alpha value is -3.15. The van der Waals surface area contributed by atoms with Crippen LogP contribution in [0.4, 0.5) is 0 Å². The van der Waals surface area contributed by atoms with Crippen LogP contribution in [-0.4, -0.2) is 34.5 Å². The largest absolute Gasteiger partial charge is 0.354 e. The summed E-state index contributed by atoms with van der Waals surface area (Å²) in [4.78, 5) is 28.7. The van der Waals surface area contributed by atoms with Gasteiger partial charge < -0.3 is 15.2 Å². The van der Waals surface area contributed by atoms with Gasteiger partial charge in [-0.3, -0.25) is 9.59 Å². The van der Waals surface area contributed by atoms with Gasteiger partial charge in [0.05, 0.1) is 11.0 Å². The molecule has 1 aliphatic rings. The predicted octanol–water partition coefficient (Wildman–Crippen LogP) is 2.42. The number of carbonyl (C=O) groups excluding carboxylic acids is 2. The first-order chi connectivity index (χ1) is 13.6. The summed E-state index contributed by atoms with van der Waals surface area (Å²) in [5.74, 6) is 1.09. The van der Waals surface area contributed by atoms with Gasteiger partial charge in [0.15, 0.2) is 0 Å². The number of aryl methyl sites for hydroxylation is 1. The van der Waals surface area contributed by atoms with Crippen LogP contribution in [0.2, 0.25) is 0 Å². The number of hydrogen-bond acceptors (Lipinski definition) is 3. The third kappa shape index (κ3) is 4.06. The molecular weight excluding hydrogens is 352 g/mol. The summed E-state index contributed by atoms with van der Waals surface area (Å²) < 4.78 is 2.07. The lowest BCUT2D eigenvalue weighted by Crippen LogP contribution is -2.35. The fraction of sp³-hybridized carbons (Fsp3) is 0.318. The maximum Gasteiger partial charge on any atom is 0.251 e. The van der Waals surface area contributed by atoms with E-state index in [1.54, 1.807) is 0 Å². The van der Waals surface area contributed by atoms with E-state index < -0.39 is 0 Å². The van der Waals surface area contributed by atoms with Crippen molar-refractivity contribution < 1.29 is 9.59 Å². The van der Waals surface area contributed by atoms with Crippen molar-refractivity contribution in [2.75, 3.05) is 13.1 Å². The van der Waals surface area contributed by atoms with Crippen molar-refractivity contribution in [1.82, 2.24) is 20.2 Å². The van der Waals surface area contributed by atoms with Crippen molar-refractivity contribution in [3.05, 3.63) is 65.5 Å². The molecule has 0 bridgehead atoms. The van der Waals surface area contributed by atoms with Crippen LogP contribution >= 0.6 is 0 Å². The lowest BCUT2D eigenvalue weighted by molar-refractivity contribution is -0.122. The number of rotatable bonds is 7. The van der Waals surface area contributed by atoms with Crippen LogP contribution in [0.15, 0.2) is 48.5 Å². The van der Waals surface area contributed by atoms with E-state index >= 15 is 0 Å². The second-order valence-electron chi connectivity index (χ2n) is 7.27. The Balaban J connectivity index is 1.40. The van der Waals surface area contributed by atoms with Gasteiger partial charge in [0.2, 0.25) is 5.91 Å². The maximum atomic E-state index is 12.4. The molecule has 2 aromatic carbocycles. The van der Waals surface area contributed by atoms with Crippen LogP contribution in [0, 0.1) is 5.92 Å². The number of imidazole rings is 1. The first-order valence-electron chi connectivity index (χ1n) is 9.67. The minimum Gasteiger partial charge on any atom is -0.354 e. The van der Waals surface area contributed by atoms with Crippen molar-refractivity contribution in [1.29, 1.82) is 0 Å². The molecule has 4 rings (SSSR count). The summed E-state index contributed by atoms with van der Waals surface area (Å²) in [7, 11) is 2.00. The van der Waals surface area contributed by atoms with E-state index in [0.29, 0.717) is 18.7 Å². The Morgan fingerprint density at radius 1 is 1.07 bits per heavy atom. The van der Waals surface area contributed by atoms with Crippen LogP contribution in [0.5, 0.6) is 0 Å². The van der Waals surface area contributed by atoms with E-state index in [-0.39, 0.29) is 17.7 Å². The van der Waals surface area contributed by atoms with Crippen molar-refractivity contribution in [2.45, 2.75) is 19.3 Å². The molecule has 1 saturated carbocycles. The van der Waals surface area contributed by atoms with Crippen molar-refractivity contribution >= 4 is 22.8 Å². The molecule has 0 spiro atoms. The minimum atomic E-state index is -0.155. The second kappa shape index (κ2) is 7.84. The van der Waals surface area contributed by atoms with Crippen LogP contribution in [0.1, 0.15) is 34.6 Å². The molecule has 3 aromatic rings. The Labute approximate surface area is 164 Å². The quantitative estimate of drug-likeness (QED) is 0.622. The molecule has 0 unspecified atom stereocenters. The molecule has 2 amide bonds. The first kappa shape index (κ1) is 18.2. The highest BCUT2D eigenvalue weighted by molar-refractivity contribution is 5.97. The molecule has 0 aliphatic heterocycles. The third-order valence-corrected chi connectivity index (χ3v) is 5.10. The van der Waals surface area contributed by atoms with E-state index in [9.17, 15) is 9.59 Å². The molecule has 144 valence electrons. The van der Waals surface area contributed by atoms with E-state index in [1.165, 1.54) is 5.56 Å². The topological polar surface area (TPSA) is 76.0 Å². The van der Waals surface area contributed by atoms with Gasteiger partial charge in [-0.1, -0.05) is 30.3 Å². The molecule has 6 heteroatoms. The van der Waals surface area contributed by atoms with Crippen LogP contribution < -0.4 is 10.6 Å². The zero-order valence-electron chi connectivity index (χ0n) is 15.9. The smallest absolute Gasteiger partial charge is 0.251 e. The molecule has 0 radical (unpaired) electrons. The summed E-state index contributed by atoms with van der Waals surface area (Å²) in [5.41, 5.74) is 3.58. The number of nitrogens with zero attached hydrogens (tertiary/aromatic N) is 2. The molecule has 1 aromatic heterocycles. The van der Waals surface area contributed by atoms with Gasteiger partial charge in [-0.25, -0.2) is 4.98 Å². The van der Waals surface area contributed by atoms with Gasteiger partial charge in [0.25, 0.3) is 5.91 Å². The molecule has 1 aliphatic carbocycles. The number of aromatic nitrogens is 2. The predicted molar refractivity (Wildman–Crippen MR) is 108 cm³/mol. The summed E-state index contributed by atoms with van der Waals surface area (Å²) in [6.45, 7) is 0.866. The van der Waals surface area contributed by atoms with Crippen LogP contribution in [-0.2, 0) is 18.3 Å². The van der Waals surface area contributed by atoms with Gasteiger partial charge in [-0.15, -0.1) is 0 Å². The molecular formula is C22H24N4O2. The Morgan fingerprint density at radius 3 is 2.57 bits per heavy atom. The lowest BCUT2D eigenvalue weighted by Gasteiger charge is -2.07. The van der Waals surface area contributed by atoms with Crippen molar-refractivity contribution in [3.63, 3.8) is 0 Å². The maximum absolute atomic E-state index is 12.4. The first-order valence-corrected chi connectivity index (χ1v) is 9.67. The Kier molecular flexibility index (Phi) is 5.10. The Morgan fingerprint density at radius 2 is 1.82 bits per heavy atom. The summed E-state index contributed by atoms with van der Waals surface area (Å²) in [6.07, 6.45) is 2.71. The number of nitrogens with one attached hydrogen (secondary N) is 2. The number of amides is 2. The molecule has 28 heavy (non-hydrogen) atoms. The Bertz CT molecular complexity index is 1010.